The fourth-order valence-corrected chi connectivity index (χ4v) is 3.70. The van der Waals surface area contributed by atoms with Crippen molar-refractivity contribution >= 4 is 37.2 Å². The van der Waals surface area contributed by atoms with Gasteiger partial charge < -0.3 is 10.1 Å². The fraction of sp³-hybridized carbons (Fsp3) is 0.462. The van der Waals surface area contributed by atoms with Crippen molar-refractivity contribution in [2.45, 2.75) is 36.8 Å². The summed E-state index contributed by atoms with van der Waals surface area (Å²) in [6, 6.07) is 3.79. The lowest BCUT2D eigenvalue weighted by Gasteiger charge is -2.20. The number of ether oxygens (including phenoxy) is 1. The van der Waals surface area contributed by atoms with Gasteiger partial charge in [0, 0.05) is 22.9 Å². The van der Waals surface area contributed by atoms with Gasteiger partial charge in [-0.3, -0.25) is 4.79 Å². The number of carbonyl (C=O) groups excluding carboxylic acids is 1. The van der Waals surface area contributed by atoms with Crippen molar-refractivity contribution in [3.8, 4) is 0 Å². The molecule has 5 nitrogen and oxygen atoms in total. The van der Waals surface area contributed by atoms with Gasteiger partial charge >= 0.3 is 0 Å². The zero-order valence-corrected chi connectivity index (χ0v) is 13.6. The van der Waals surface area contributed by atoms with Gasteiger partial charge in [-0.05, 0) is 38.0 Å². The summed E-state index contributed by atoms with van der Waals surface area (Å²) in [5.74, 6) is -0.392. The number of carbonyl (C=O) groups is 1. The van der Waals surface area contributed by atoms with E-state index < -0.39 is 15.0 Å². The molecule has 0 bridgehead atoms. The molecule has 1 aliphatic heterocycles. The molecule has 1 fully saturated rings. The van der Waals surface area contributed by atoms with E-state index in [-0.39, 0.29) is 27.6 Å². The second kappa shape index (κ2) is 6.52. The molecule has 1 N–H and O–H groups in total. The van der Waals surface area contributed by atoms with Crippen LogP contribution in [0.15, 0.2) is 23.1 Å². The van der Waals surface area contributed by atoms with Crippen LogP contribution >= 0.6 is 22.3 Å². The molecular formula is C13H15Cl2NO4S. The summed E-state index contributed by atoms with van der Waals surface area (Å²) in [4.78, 5) is 11.9. The maximum atomic E-state index is 12.2. The van der Waals surface area contributed by atoms with Crippen LogP contribution in [0, 0.1) is 0 Å². The lowest BCUT2D eigenvalue weighted by atomic mass is 10.1. The third-order valence-corrected chi connectivity index (χ3v) is 5.14. The first-order valence-corrected chi connectivity index (χ1v) is 9.14. The van der Waals surface area contributed by atoms with Crippen LogP contribution in [-0.2, 0) is 13.8 Å². The fourth-order valence-electron chi connectivity index (χ4n) is 2.21. The number of halogens is 2. The van der Waals surface area contributed by atoms with Crippen LogP contribution in [0.2, 0.25) is 5.02 Å². The predicted molar refractivity (Wildman–Crippen MR) is 80.4 cm³/mol. The molecule has 2 unspecified atom stereocenters. The number of amides is 1. The summed E-state index contributed by atoms with van der Waals surface area (Å²) >= 11 is 5.78. The molecule has 1 aromatic rings. The van der Waals surface area contributed by atoms with Crippen LogP contribution in [0.25, 0.3) is 0 Å². The highest BCUT2D eigenvalue weighted by Crippen LogP contribution is 2.26. The van der Waals surface area contributed by atoms with E-state index >= 15 is 0 Å². The molecule has 21 heavy (non-hydrogen) atoms. The highest BCUT2D eigenvalue weighted by Gasteiger charge is 2.25. The molecule has 0 saturated carbocycles. The molecule has 116 valence electrons. The molecule has 0 aliphatic carbocycles. The normalized spacial score (nSPS) is 20.2. The van der Waals surface area contributed by atoms with Crippen molar-refractivity contribution in [2.24, 2.45) is 0 Å². The van der Waals surface area contributed by atoms with Crippen molar-refractivity contribution < 1.29 is 17.9 Å². The molecule has 1 saturated heterocycles. The molecule has 0 radical (unpaired) electrons. The Morgan fingerprint density at radius 3 is 2.76 bits per heavy atom. The molecular weight excluding hydrogens is 337 g/mol. The Labute approximate surface area is 133 Å². The van der Waals surface area contributed by atoms with Crippen molar-refractivity contribution in [2.75, 3.05) is 6.61 Å². The van der Waals surface area contributed by atoms with Crippen LogP contribution in [0.4, 0.5) is 0 Å². The number of rotatable bonds is 4. The highest BCUT2D eigenvalue weighted by atomic mass is 35.7. The molecule has 2 atom stereocenters. The molecule has 2 rings (SSSR count). The molecule has 1 heterocycles. The van der Waals surface area contributed by atoms with Crippen molar-refractivity contribution in [3.63, 3.8) is 0 Å². The van der Waals surface area contributed by atoms with E-state index in [1.165, 1.54) is 18.2 Å². The minimum Gasteiger partial charge on any atom is -0.376 e. The average Bonchev–Trinajstić information content (AvgIpc) is 2.91. The Morgan fingerprint density at radius 2 is 2.19 bits per heavy atom. The van der Waals surface area contributed by atoms with Crippen LogP contribution in [0.1, 0.15) is 30.1 Å². The number of hydrogen-bond donors (Lipinski definition) is 1. The SMILES string of the molecule is CC(NC(=O)c1ccc(Cl)c(S(=O)(=O)Cl)c1)C1CCCO1. The summed E-state index contributed by atoms with van der Waals surface area (Å²) in [5.41, 5.74) is 0.184. The van der Waals surface area contributed by atoms with Gasteiger partial charge in [0.05, 0.1) is 17.2 Å². The third kappa shape index (κ3) is 4.10. The molecule has 1 aliphatic rings. The summed E-state index contributed by atoms with van der Waals surface area (Å²) in [6.07, 6.45) is 1.85. The third-order valence-electron chi connectivity index (χ3n) is 3.34. The molecule has 0 aromatic heterocycles. The van der Waals surface area contributed by atoms with E-state index in [2.05, 4.69) is 5.32 Å². The Balaban J connectivity index is 2.16. The zero-order valence-electron chi connectivity index (χ0n) is 11.3. The molecule has 8 heteroatoms. The van der Waals surface area contributed by atoms with E-state index in [4.69, 9.17) is 27.0 Å². The number of nitrogens with one attached hydrogen (secondary N) is 1. The smallest absolute Gasteiger partial charge is 0.262 e. The second-order valence-electron chi connectivity index (χ2n) is 4.90. The van der Waals surface area contributed by atoms with E-state index in [1.807, 2.05) is 6.92 Å². The standard InChI is InChI=1S/C13H15Cl2NO4S/c1-8(11-3-2-6-20-11)16-13(17)9-4-5-10(14)12(7-9)21(15,18)19/h4-5,7-8,11H,2-3,6H2,1H3,(H,16,17). The van der Waals surface area contributed by atoms with Crippen molar-refractivity contribution in [1.29, 1.82) is 0 Å². The average molecular weight is 352 g/mol. The summed E-state index contributed by atoms with van der Waals surface area (Å²) in [5, 5.41) is 2.77. The number of benzene rings is 1. The summed E-state index contributed by atoms with van der Waals surface area (Å²) in [7, 11) is 1.29. The first-order chi connectivity index (χ1) is 9.79. The van der Waals surface area contributed by atoms with E-state index in [0.29, 0.717) is 6.61 Å². The Morgan fingerprint density at radius 1 is 1.48 bits per heavy atom. The van der Waals surface area contributed by atoms with Crippen LogP contribution in [-0.4, -0.2) is 33.1 Å². The highest BCUT2D eigenvalue weighted by molar-refractivity contribution is 8.13. The number of hydrogen-bond acceptors (Lipinski definition) is 4. The van der Waals surface area contributed by atoms with Gasteiger partial charge in [-0.15, -0.1) is 0 Å². The van der Waals surface area contributed by atoms with Gasteiger partial charge in [0.1, 0.15) is 4.90 Å². The van der Waals surface area contributed by atoms with Gasteiger partial charge in [0.2, 0.25) is 0 Å². The second-order valence-corrected chi connectivity index (χ2v) is 7.84. The summed E-state index contributed by atoms with van der Waals surface area (Å²) in [6.45, 7) is 2.55. The first-order valence-electron chi connectivity index (χ1n) is 6.45. The minimum absolute atomic E-state index is 0.0162. The maximum absolute atomic E-state index is 12.2. The lowest BCUT2D eigenvalue weighted by Crippen LogP contribution is -2.40. The lowest BCUT2D eigenvalue weighted by molar-refractivity contribution is 0.0712. The maximum Gasteiger partial charge on any atom is 0.262 e. The zero-order chi connectivity index (χ0) is 15.6. The van der Waals surface area contributed by atoms with Gasteiger partial charge in [0.15, 0.2) is 0 Å². The monoisotopic (exact) mass is 351 g/mol. The van der Waals surface area contributed by atoms with E-state index in [1.54, 1.807) is 0 Å². The molecule has 0 spiro atoms. The summed E-state index contributed by atoms with van der Waals surface area (Å²) < 4.78 is 28.3. The van der Waals surface area contributed by atoms with Gasteiger partial charge in [-0.1, -0.05) is 11.6 Å². The topological polar surface area (TPSA) is 72.5 Å². The predicted octanol–water partition coefficient (Wildman–Crippen LogP) is 2.56. The van der Waals surface area contributed by atoms with Gasteiger partial charge in [0.25, 0.3) is 15.0 Å². The van der Waals surface area contributed by atoms with Crippen molar-refractivity contribution in [1.82, 2.24) is 5.32 Å². The van der Waals surface area contributed by atoms with Gasteiger partial charge in [-0.25, -0.2) is 8.42 Å². The van der Waals surface area contributed by atoms with Crippen molar-refractivity contribution in [3.05, 3.63) is 28.8 Å². The van der Waals surface area contributed by atoms with E-state index in [0.717, 1.165) is 12.8 Å². The largest absolute Gasteiger partial charge is 0.376 e. The molecule has 1 amide bonds. The Hall–Kier alpha value is -0.820. The Kier molecular flexibility index (Phi) is 5.14. The van der Waals surface area contributed by atoms with Crippen LogP contribution in [0.3, 0.4) is 0 Å². The van der Waals surface area contributed by atoms with Crippen LogP contribution < -0.4 is 5.32 Å². The first kappa shape index (κ1) is 16.5. The van der Waals surface area contributed by atoms with Gasteiger partial charge in [-0.2, -0.15) is 0 Å². The molecule has 1 aromatic carbocycles. The van der Waals surface area contributed by atoms with E-state index in [9.17, 15) is 13.2 Å². The minimum atomic E-state index is -4.00. The quantitative estimate of drug-likeness (QED) is 0.846. The Bertz CT molecular complexity index is 642. The van der Waals surface area contributed by atoms with Crippen LogP contribution in [0.5, 0.6) is 0 Å².